The van der Waals surface area contributed by atoms with Gasteiger partial charge in [0.15, 0.2) is 0 Å². The molecular weight excluding hydrogens is 541 g/mol. The van der Waals surface area contributed by atoms with Crippen molar-refractivity contribution in [2.75, 3.05) is 17.4 Å². The van der Waals surface area contributed by atoms with Crippen molar-refractivity contribution in [3.05, 3.63) is 95.3 Å². The fraction of sp³-hybridized carbons (Fsp3) is 0.310. The molecular formula is C29H33ClFN3O4S. The molecule has 0 bridgehead atoms. The van der Waals surface area contributed by atoms with E-state index in [4.69, 9.17) is 11.6 Å². The maximum atomic E-state index is 13.9. The molecule has 3 rings (SSSR count). The number of carbonyl (C=O) groups excluding carboxylic acids is 2. The second-order valence-corrected chi connectivity index (χ2v) is 11.5. The standard InChI is InChI=1S/C29H33ClFN3O4S/c1-4-21(2)32-29(36)22(3)33(18-17-23-11-7-5-8-12-23)28(35)20-34(24-15-16-27(31)26(30)19-24)39(37,38)25-13-9-6-10-14-25/h5-16,19,21-22H,4,17-18,20H2,1-3H3,(H,32,36)/t21-,22+/m0/s1. The third-order valence-electron chi connectivity index (χ3n) is 6.45. The summed E-state index contributed by atoms with van der Waals surface area (Å²) in [5.41, 5.74) is 0.988. The molecule has 0 aliphatic heterocycles. The summed E-state index contributed by atoms with van der Waals surface area (Å²) in [6, 6.07) is 19.6. The van der Waals surface area contributed by atoms with Crippen LogP contribution in [0.25, 0.3) is 0 Å². The van der Waals surface area contributed by atoms with Gasteiger partial charge in [-0.1, -0.05) is 67.1 Å². The van der Waals surface area contributed by atoms with Crippen LogP contribution in [-0.4, -0.2) is 50.3 Å². The van der Waals surface area contributed by atoms with Crippen molar-refractivity contribution in [1.82, 2.24) is 10.2 Å². The Kier molecular flexibility index (Phi) is 10.5. The summed E-state index contributed by atoms with van der Waals surface area (Å²) in [5, 5.41) is 2.61. The van der Waals surface area contributed by atoms with E-state index in [9.17, 15) is 22.4 Å². The summed E-state index contributed by atoms with van der Waals surface area (Å²) >= 11 is 5.98. The number of nitrogens with zero attached hydrogens (tertiary/aromatic N) is 2. The van der Waals surface area contributed by atoms with E-state index in [0.29, 0.717) is 12.8 Å². The van der Waals surface area contributed by atoms with Crippen LogP contribution in [0.1, 0.15) is 32.8 Å². The largest absolute Gasteiger partial charge is 0.352 e. The van der Waals surface area contributed by atoms with Gasteiger partial charge in [0.05, 0.1) is 15.6 Å². The fourth-order valence-corrected chi connectivity index (χ4v) is 5.53. The lowest BCUT2D eigenvalue weighted by atomic mass is 10.1. The molecule has 3 aromatic carbocycles. The van der Waals surface area contributed by atoms with Crippen molar-refractivity contribution in [2.24, 2.45) is 0 Å². The molecule has 0 saturated carbocycles. The minimum Gasteiger partial charge on any atom is -0.352 e. The number of anilines is 1. The van der Waals surface area contributed by atoms with Gasteiger partial charge in [-0.25, -0.2) is 12.8 Å². The van der Waals surface area contributed by atoms with Crippen molar-refractivity contribution in [3.63, 3.8) is 0 Å². The molecule has 3 aromatic rings. The number of carbonyl (C=O) groups is 2. The molecule has 0 saturated heterocycles. The number of halogens is 2. The van der Waals surface area contributed by atoms with Gasteiger partial charge in [-0.2, -0.15) is 0 Å². The fourth-order valence-electron chi connectivity index (χ4n) is 3.92. The molecule has 0 aromatic heterocycles. The monoisotopic (exact) mass is 573 g/mol. The Labute approximate surface area is 234 Å². The molecule has 1 N–H and O–H groups in total. The third kappa shape index (κ3) is 7.80. The molecule has 0 aliphatic rings. The quantitative estimate of drug-likeness (QED) is 0.328. The molecule has 39 heavy (non-hydrogen) atoms. The van der Waals surface area contributed by atoms with Gasteiger partial charge < -0.3 is 10.2 Å². The number of amides is 2. The van der Waals surface area contributed by atoms with Gasteiger partial charge in [-0.15, -0.1) is 0 Å². The van der Waals surface area contributed by atoms with E-state index in [1.807, 2.05) is 44.2 Å². The molecule has 0 heterocycles. The highest BCUT2D eigenvalue weighted by molar-refractivity contribution is 7.92. The smallest absolute Gasteiger partial charge is 0.264 e. The maximum absolute atomic E-state index is 13.9. The number of hydrogen-bond acceptors (Lipinski definition) is 4. The molecule has 0 aliphatic carbocycles. The van der Waals surface area contributed by atoms with E-state index in [1.165, 1.54) is 23.1 Å². The van der Waals surface area contributed by atoms with Crippen LogP contribution in [0.5, 0.6) is 0 Å². The first kappa shape index (κ1) is 30.1. The van der Waals surface area contributed by atoms with E-state index < -0.39 is 34.3 Å². The summed E-state index contributed by atoms with van der Waals surface area (Å²) in [4.78, 5) is 28.2. The van der Waals surface area contributed by atoms with Gasteiger partial charge in [0.2, 0.25) is 11.8 Å². The van der Waals surface area contributed by atoms with Crippen LogP contribution in [0.2, 0.25) is 5.02 Å². The summed E-state index contributed by atoms with van der Waals surface area (Å²) in [7, 11) is -4.24. The minimum absolute atomic E-state index is 0.0262. The lowest BCUT2D eigenvalue weighted by Gasteiger charge is -2.32. The third-order valence-corrected chi connectivity index (χ3v) is 8.53. The highest BCUT2D eigenvalue weighted by atomic mass is 35.5. The van der Waals surface area contributed by atoms with Gasteiger partial charge in [-0.05, 0) is 62.6 Å². The number of rotatable bonds is 12. The summed E-state index contributed by atoms with van der Waals surface area (Å²) in [5.74, 6) is -1.64. The van der Waals surface area contributed by atoms with Crippen LogP contribution >= 0.6 is 11.6 Å². The summed E-state index contributed by atoms with van der Waals surface area (Å²) < 4.78 is 42.2. The molecule has 208 valence electrons. The highest BCUT2D eigenvalue weighted by Gasteiger charge is 2.32. The lowest BCUT2D eigenvalue weighted by Crippen LogP contribution is -2.53. The first-order valence-corrected chi connectivity index (χ1v) is 14.5. The van der Waals surface area contributed by atoms with Gasteiger partial charge in [0, 0.05) is 12.6 Å². The SMILES string of the molecule is CC[C@H](C)NC(=O)[C@@H](C)N(CCc1ccccc1)C(=O)CN(c1ccc(F)c(Cl)c1)S(=O)(=O)c1ccccc1. The Balaban J connectivity index is 1.98. The Morgan fingerprint density at radius 2 is 1.59 bits per heavy atom. The zero-order valence-electron chi connectivity index (χ0n) is 22.2. The Morgan fingerprint density at radius 1 is 0.974 bits per heavy atom. The van der Waals surface area contributed by atoms with Crippen LogP contribution in [0.3, 0.4) is 0 Å². The molecule has 0 radical (unpaired) electrons. The zero-order chi connectivity index (χ0) is 28.6. The number of sulfonamides is 1. The number of benzene rings is 3. The van der Waals surface area contributed by atoms with Crippen molar-refractivity contribution in [2.45, 2.75) is 50.6 Å². The Hall–Kier alpha value is -3.43. The van der Waals surface area contributed by atoms with Crippen LogP contribution < -0.4 is 9.62 Å². The Bertz CT molecular complexity index is 1370. The molecule has 7 nitrogen and oxygen atoms in total. The predicted molar refractivity (Wildman–Crippen MR) is 152 cm³/mol. The average Bonchev–Trinajstić information content (AvgIpc) is 2.94. The molecule has 2 atom stereocenters. The minimum atomic E-state index is -4.24. The molecule has 10 heteroatoms. The van der Waals surface area contributed by atoms with Crippen molar-refractivity contribution >= 4 is 39.1 Å². The van der Waals surface area contributed by atoms with Crippen LogP contribution in [0.4, 0.5) is 10.1 Å². The zero-order valence-corrected chi connectivity index (χ0v) is 23.8. The Morgan fingerprint density at radius 3 is 2.18 bits per heavy atom. The van der Waals surface area contributed by atoms with Gasteiger partial charge >= 0.3 is 0 Å². The van der Waals surface area contributed by atoms with Gasteiger partial charge in [0.1, 0.15) is 18.4 Å². The van der Waals surface area contributed by atoms with E-state index in [-0.39, 0.29) is 34.1 Å². The van der Waals surface area contributed by atoms with Crippen LogP contribution in [-0.2, 0) is 26.0 Å². The van der Waals surface area contributed by atoms with E-state index >= 15 is 0 Å². The van der Waals surface area contributed by atoms with E-state index in [0.717, 1.165) is 22.0 Å². The predicted octanol–water partition coefficient (Wildman–Crippen LogP) is 5.05. The first-order valence-electron chi connectivity index (χ1n) is 12.7. The van der Waals surface area contributed by atoms with Gasteiger partial charge in [-0.3, -0.25) is 13.9 Å². The van der Waals surface area contributed by atoms with Crippen molar-refractivity contribution in [3.8, 4) is 0 Å². The van der Waals surface area contributed by atoms with E-state index in [1.54, 1.807) is 25.1 Å². The first-order chi connectivity index (χ1) is 18.5. The second kappa shape index (κ2) is 13.6. The second-order valence-electron chi connectivity index (χ2n) is 9.24. The molecule has 0 fully saturated rings. The number of hydrogen-bond donors (Lipinski definition) is 1. The number of nitrogens with one attached hydrogen (secondary N) is 1. The van der Waals surface area contributed by atoms with Crippen molar-refractivity contribution < 1.29 is 22.4 Å². The summed E-state index contributed by atoms with van der Waals surface area (Å²) in [6.45, 7) is 4.99. The molecule has 2 amide bonds. The van der Waals surface area contributed by atoms with Crippen LogP contribution in [0, 0.1) is 5.82 Å². The lowest BCUT2D eigenvalue weighted by molar-refractivity contribution is -0.139. The van der Waals surface area contributed by atoms with Gasteiger partial charge in [0.25, 0.3) is 10.0 Å². The van der Waals surface area contributed by atoms with Crippen molar-refractivity contribution in [1.29, 1.82) is 0 Å². The average molecular weight is 574 g/mol. The highest BCUT2D eigenvalue weighted by Crippen LogP contribution is 2.28. The topological polar surface area (TPSA) is 86.8 Å². The normalized spacial score (nSPS) is 12.8. The molecule has 0 unspecified atom stereocenters. The molecule has 0 spiro atoms. The summed E-state index contributed by atoms with van der Waals surface area (Å²) in [6.07, 6.45) is 1.17. The maximum Gasteiger partial charge on any atom is 0.264 e. The van der Waals surface area contributed by atoms with E-state index in [2.05, 4.69) is 5.32 Å². The van der Waals surface area contributed by atoms with Crippen LogP contribution in [0.15, 0.2) is 83.8 Å².